The Kier molecular flexibility index (Phi) is 5.46. The highest BCUT2D eigenvalue weighted by atomic mass is 15.3. The number of para-hydroxylation sites is 1. The molecule has 0 saturated carbocycles. The van der Waals surface area contributed by atoms with Crippen molar-refractivity contribution in [2.75, 3.05) is 30.9 Å². The summed E-state index contributed by atoms with van der Waals surface area (Å²) in [6, 6.07) is 10.1. The topological polar surface area (TPSA) is 71.8 Å². The molecule has 0 radical (unpaired) electrons. The van der Waals surface area contributed by atoms with Gasteiger partial charge in [-0.2, -0.15) is 20.1 Å². The van der Waals surface area contributed by atoms with E-state index in [-0.39, 0.29) is 5.92 Å². The Hall–Kier alpha value is -2.96. The van der Waals surface area contributed by atoms with Crippen LogP contribution in [0.2, 0.25) is 0 Å². The van der Waals surface area contributed by atoms with Crippen molar-refractivity contribution in [3.05, 3.63) is 54.1 Å². The van der Waals surface area contributed by atoms with Crippen molar-refractivity contribution >= 4 is 11.9 Å². The number of aromatic nitrogens is 5. The molecular weight excluding hydrogens is 326 g/mol. The van der Waals surface area contributed by atoms with E-state index in [1.165, 1.54) is 0 Å². The molecule has 26 heavy (non-hydrogen) atoms. The summed E-state index contributed by atoms with van der Waals surface area (Å²) >= 11 is 0. The first-order valence-corrected chi connectivity index (χ1v) is 8.79. The molecular formula is C19H25N7. The summed E-state index contributed by atoms with van der Waals surface area (Å²) in [5.74, 6) is 2.33. The van der Waals surface area contributed by atoms with E-state index in [2.05, 4.69) is 45.4 Å². The number of benzene rings is 1. The predicted octanol–water partition coefficient (Wildman–Crippen LogP) is 2.90. The van der Waals surface area contributed by atoms with Crippen LogP contribution in [0, 0.1) is 0 Å². The van der Waals surface area contributed by atoms with Crippen LogP contribution in [-0.2, 0) is 6.42 Å². The summed E-state index contributed by atoms with van der Waals surface area (Å²) in [6.45, 7) is 4.89. The lowest BCUT2D eigenvalue weighted by molar-refractivity contribution is 0.753. The Labute approximate surface area is 154 Å². The third-order valence-electron chi connectivity index (χ3n) is 3.91. The van der Waals surface area contributed by atoms with Gasteiger partial charge in [0.2, 0.25) is 11.9 Å². The average molecular weight is 351 g/mol. The summed E-state index contributed by atoms with van der Waals surface area (Å²) in [6.07, 6.45) is 4.79. The van der Waals surface area contributed by atoms with Crippen molar-refractivity contribution in [3.63, 3.8) is 0 Å². The molecule has 1 aromatic carbocycles. The van der Waals surface area contributed by atoms with Gasteiger partial charge in [-0.3, -0.25) is 0 Å². The molecule has 136 valence electrons. The second-order valence-corrected chi connectivity index (χ2v) is 6.67. The summed E-state index contributed by atoms with van der Waals surface area (Å²) in [4.78, 5) is 15.4. The van der Waals surface area contributed by atoms with E-state index in [9.17, 15) is 0 Å². The normalized spacial score (nSPS) is 11.0. The lowest BCUT2D eigenvalue weighted by atomic mass is 10.2. The van der Waals surface area contributed by atoms with Crippen molar-refractivity contribution in [2.24, 2.45) is 0 Å². The van der Waals surface area contributed by atoms with Crippen LogP contribution in [0.5, 0.6) is 0 Å². The van der Waals surface area contributed by atoms with Crippen molar-refractivity contribution in [3.8, 4) is 5.69 Å². The predicted molar refractivity (Wildman–Crippen MR) is 104 cm³/mol. The van der Waals surface area contributed by atoms with Gasteiger partial charge in [-0.1, -0.05) is 32.0 Å². The molecule has 0 saturated heterocycles. The molecule has 2 heterocycles. The standard InChI is InChI=1S/C19H25N7/c1-14(2)17-22-18(24-19(23-17)25(3)4)20-11-10-15-12-21-26(13-15)16-8-6-5-7-9-16/h5-9,12-14H,10-11H2,1-4H3,(H,20,22,23,24). The van der Waals surface area contributed by atoms with E-state index in [1.807, 2.05) is 60.2 Å². The van der Waals surface area contributed by atoms with Gasteiger partial charge in [-0.15, -0.1) is 0 Å². The molecule has 3 rings (SSSR count). The first-order valence-electron chi connectivity index (χ1n) is 8.79. The quantitative estimate of drug-likeness (QED) is 0.706. The Morgan fingerprint density at radius 2 is 1.85 bits per heavy atom. The monoisotopic (exact) mass is 351 g/mol. The zero-order valence-corrected chi connectivity index (χ0v) is 15.7. The van der Waals surface area contributed by atoms with Gasteiger partial charge in [0.05, 0.1) is 11.9 Å². The lowest BCUT2D eigenvalue weighted by Crippen LogP contribution is -2.18. The molecule has 3 aromatic rings. The Balaban J connectivity index is 1.64. The molecule has 0 aliphatic rings. The molecule has 0 bridgehead atoms. The maximum atomic E-state index is 4.52. The summed E-state index contributed by atoms with van der Waals surface area (Å²) in [5, 5.41) is 7.73. The Morgan fingerprint density at radius 1 is 1.08 bits per heavy atom. The van der Waals surface area contributed by atoms with Crippen LogP contribution in [0.1, 0.15) is 31.2 Å². The van der Waals surface area contributed by atoms with Crippen LogP contribution in [0.4, 0.5) is 11.9 Å². The van der Waals surface area contributed by atoms with Gasteiger partial charge in [0.15, 0.2) is 0 Å². The van der Waals surface area contributed by atoms with Crippen LogP contribution in [0.3, 0.4) is 0 Å². The Bertz CT molecular complexity index is 814. The first kappa shape index (κ1) is 17.8. The smallest absolute Gasteiger partial charge is 0.229 e. The second-order valence-electron chi connectivity index (χ2n) is 6.67. The van der Waals surface area contributed by atoms with Gasteiger partial charge >= 0.3 is 0 Å². The van der Waals surface area contributed by atoms with Crippen molar-refractivity contribution in [1.82, 2.24) is 24.7 Å². The summed E-state index contributed by atoms with van der Waals surface area (Å²) < 4.78 is 1.89. The van der Waals surface area contributed by atoms with E-state index in [4.69, 9.17) is 0 Å². The molecule has 0 amide bonds. The van der Waals surface area contributed by atoms with Crippen molar-refractivity contribution in [1.29, 1.82) is 0 Å². The highest BCUT2D eigenvalue weighted by Gasteiger charge is 2.11. The Morgan fingerprint density at radius 3 is 2.54 bits per heavy atom. The number of rotatable bonds is 7. The van der Waals surface area contributed by atoms with Crippen molar-refractivity contribution < 1.29 is 0 Å². The third-order valence-corrected chi connectivity index (χ3v) is 3.91. The van der Waals surface area contributed by atoms with E-state index >= 15 is 0 Å². The molecule has 7 nitrogen and oxygen atoms in total. The fraction of sp³-hybridized carbons (Fsp3) is 0.368. The van der Waals surface area contributed by atoms with E-state index < -0.39 is 0 Å². The van der Waals surface area contributed by atoms with Gasteiger partial charge in [0, 0.05) is 32.8 Å². The lowest BCUT2D eigenvalue weighted by Gasteiger charge is -2.14. The number of hydrogen-bond donors (Lipinski definition) is 1. The number of nitrogens with one attached hydrogen (secondary N) is 1. The molecule has 0 aliphatic heterocycles. The van der Waals surface area contributed by atoms with Gasteiger partial charge in [-0.05, 0) is 24.1 Å². The SMILES string of the molecule is CC(C)c1nc(NCCc2cnn(-c3ccccc3)c2)nc(N(C)C)n1. The number of nitrogens with zero attached hydrogens (tertiary/aromatic N) is 6. The minimum atomic E-state index is 0.251. The highest BCUT2D eigenvalue weighted by molar-refractivity contribution is 5.36. The molecule has 0 aliphatic carbocycles. The highest BCUT2D eigenvalue weighted by Crippen LogP contribution is 2.15. The zero-order valence-electron chi connectivity index (χ0n) is 15.7. The van der Waals surface area contributed by atoms with Crippen LogP contribution in [0.15, 0.2) is 42.7 Å². The number of anilines is 2. The van der Waals surface area contributed by atoms with Gasteiger partial charge in [0.1, 0.15) is 5.82 Å². The van der Waals surface area contributed by atoms with Crippen LogP contribution >= 0.6 is 0 Å². The van der Waals surface area contributed by atoms with Gasteiger partial charge in [-0.25, -0.2) is 4.68 Å². The van der Waals surface area contributed by atoms with Gasteiger partial charge < -0.3 is 10.2 Å². The summed E-state index contributed by atoms with van der Waals surface area (Å²) in [5.41, 5.74) is 2.22. The summed E-state index contributed by atoms with van der Waals surface area (Å²) in [7, 11) is 3.86. The number of hydrogen-bond acceptors (Lipinski definition) is 6. The minimum Gasteiger partial charge on any atom is -0.354 e. The zero-order chi connectivity index (χ0) is 18.5. The molecule has 1 N–H and O–H groups in total. The molecule has 2 aromatic heterocycles. The van der Waals surface area contributed by atoms with E-state index in [1.54, 1.807) is 0 Å². The third kappa shape index (κ3) is 4.36. The largest absolute Gasteiger partial charge is 0.354 e. The average Bonchev–Trinajstić information content (AvgIpc) is 3.11. The first-order chi connectivity index (χ1) is 12.5. The fourth-order valence-electron chi connectivity index (χ4n) is 2.45. The van der Waals surface area contributed by atoms with Gasteiger partial charge in [0.25, 0.3) is 0 Å². The second kappa shape index (κ2) is 7.95. The van der Waals surface area contributed by atoms with Crippen LogP contribution < -0.4 is 10.2 Å². The van der Waals surface area contributed by atoms with Crippen molar-refractivity contribution in [2.45, 2.75) is 26.2 Å². The van der Waals surface area contributed by atoms with Crippen LogP contribution in [0.25, 0.3) is 5.69 Å². The molecule has 7 heteroatoms. The fourth-order valence-corrected chi connectivity index (χ4v) is 2.45. The maximum Gasteiger partial charge on any atom is 0.229 e. The minimum absolute atomic E-state index is 0.251. The molecule has 0 unspecified atom stereocenters. The van der Waals surface area contributed by atoms with E-state index in [0.717, 1.165) is 30.0 Å². The van der Waals surface area contributed by atoms with Crippen LogP contribution in [-0.4, -0.2) is 45.4 Å². The molecule has 0 fully saturated rings. The van der Waals surface area contributed by atoms with E-state index in [0.29, 0.717) is 11.9 Å². The maximum absolute atomic E-state index is 4.52. The molecule has 0 atom stereocenters. The molecule has 0 spiro atoms.